The van der Waals surface area contributed by atoms with Gasteiger partial charge in [-0.15, -0.1) is 0 Å². The molecule has 17 heavy (non-hydrogen) atoms. The summed E-state index contributed by atoms with van der Waals surface area (Å²) in [5.74, 6) is 0.732. The lowest BCUT2D eigenvalue weighted by Gasteiger charge is -2.33. The Morgan fingerprint density at radius 3 is 3.06 bits per heavy atom. The first-order valence-electron chi connectivity index (χ1n) is 6.37. The molecule has 3 heteroatoms. The van der Waals surface area contributed by atoms with Crippen molar-refractivity contribution in [1.29, 1.82) is 0 Å². The zero-order chi connectivity index (χ0) is 12.3. The van der Waals surface area contributed by atoms with E-state index < -0.39 is 6.10 Å². The third kappa shape index (κ3) is 3.21. The molecule has 0 spiro atoms. The molecule has 3 atom stereocenters. The van der Waals surface area contributed by atoms with Crippen molar-refractivity contribution >= 4 is 11.6 Å². The van der Waals surface area contributed by atoms with Gasteiger partial charge in [-0.2, -0.15) is 0 Å². The highest BCUT2D eigenvalue weighted by molar-refractivity contribution is 6.30. The highest BCUT2D eigenvalue weighted by Gasteiger charge is 2.27. The summed E-state index contributed by atoms with van der Waals surface area (Å²) in [6.07, 6.45) is 3.00. The molecule has 1 aromatic carbocycles. The smallest absolute Gasteiger partial charge is 0.0943 e. The van der Waals surface area contributed by atoms with Crippen molar-refractivity contribution < 1.29 is 5.11 Å². The molecule has 1 saturated heterocycles. The minimum atomic E-state index is -0.456. The van der Waals surface area contributed by atoms with E-state index in [1.165, 1.54) is 12.8 Å². The predicted octanol–water partition coefficient (Wildman–Crippen LogP) is 3.15. The van der Waals surface area contributed by atoms with Crippen LogP contribution in [-0.4, -0.2) is 17.7 Å². The van der Waals surface area contributed by atoms with E-state index in [0.29, 0.717) is 5.02 Å². The van der Waals surface area contributed by atoms with Gasteiger partial charge in [-0.3, -0.25) is 0 Å². The van der Waals surface area contributed by atoms with Crippen LogP contribution in [0.3, 0.4) is 0 Å². The van der Waals surface area contributed by atoms with Gasteiger partial charge in [0.15, 0.2) is 0 Å². The van der Waals surface area contributed by atoms with Crippen molar-refractivity contribution in [1.82, 2.24) is 5.32 Å². The van der Waals surface area contributed by atoms with E-state index in [1.807, 2.05) is 24.3 Å². The molecule has 0 radical (unpaired) electrons. The zero-order valence-electron chi connectivity index (χ0n) is 10.2. The van der Waals surface area contributed by atoms with Crippen LogP contribution in [0.25, 0.3) is 0 Å². The quantitative estimate of drug-likeness (QED) is 0.867. The van der Waals surface area contributed by atoms with Crippen LogP contribution in [0.5, 0.6) is 0 Å². The van der Waals surface area contributed by atoms with Crippen molar-refractivity contribution in [2.24, 2.45) is 5.92 Å². The van der Waals surface area contributed by atoms with Crippen LogP contribution in [0.1, 0.15) is 37.9 Å². The van der Waals surface area contributed by atoms with E-state index in [-0.39, 0.29) is 6.04 Å². The molecule has 0 aliphatic carbocycles. The highest BCUT2D eigenvalue weighted by atomic mass is 35.5. The van der Waals surface area contributed by atoms with Crippen molar-refractivity contribution in [2.75, 3.05) is 6.54 Å². The Balaban J connectivity index is 2.06. The minimum absolute atomic E-state index is 0.159. The van der Waals surface area contributed by atoms with E-state index in [1.54, 1.807) is 0 Å². The fourth-order valence-corrected chi connectivity index (χ4v) is 2.77. The molecule has 0 amide bonds. The molecular weight excluding hydrogens is 234 g/mol. The van der Waals surface area contributed by atoms with E-state index >= 15 is 0 Å². The monoisotopic (exact) mass is 253 g/mol. The average Bonchev–Trinajstić information content (AvgIpc) is 2.38. The van der Waals surface area contributed by atoms with Gasteiger partial charge in [0.2, 0.25) is 0 Å². The molecule has 2 nitrogen and oxygen atoms in total. The van der Waals surface area contributed by atoms with E-state index in [0.717, 1.165) is 24.4 Å². The summed E-state index contributed by atoms with van der Waals surface area (Å²) in [4.78, 5) is 0. The standard InChI is InChI=1S/C14H20ClNO/c1-2-10-6-7-16-13(8-10)14(17)11-4-3-5-12(15)9-11/h3-5,9-10,13-14,16-17H,2,6-8H2,1H3. The number of aliphatic hydroxyl groups excluding tert-OH is 1. The van der Waals surface area contributed by atoms with E-state index in [9.17, 15) is 5.11 Å². The first kappa shape index (κ1) is 12.9. The maximum absolute atomic E-state index is 10.4. The molecule has 94 valence electrons. The van der Waals surface area contributed by atoms with Gasteiger partial charge in [-0.1, -0.05) is 37.1 Å². The van der Waals surface area contributed by atoms with Crippen molar-refractivity contribution in [3.63, 3.8) is 0 Å². The molecule has 0 aromatic heterocycles. The van der Waals surface area contributed by atoms with Gasteiger partial charge in [0, 0.05) is 11.1 Å². The van der Waals surface area contributed by atoms with Crippen LogP contribution in [-0.2, 0) is 0 Å². The molecule has 1 aromatic rings. The fraction of sp³-hybridized carbons (Fsp3) is 0.571. The Bertz CT molecular complexity index is 369. The second kappa shape index (κ2) is 5.85. The van der Waals surface area contributed by atoms with Gasteiger partial charge in [0.1, 0.15) is 0 Å². The van der Waals surface area contributed by atoms with Crippen LogP contribution < -0.4 is 5.32 Å². The molecular formula is C14H20ClNO. The third-order valence-electron chi connectivity index (χ3n) is 3.70. The highest BCUT2D eigenvalue weighted by Crippen LogP contribution is 2.28. The predicted molar refractivity (Wildman–Crippen MR) is 71.2 cm³/mol. The van der Waals surface area contributed by atoms with Gasteiger partial charge < -0.3 is 10.4 Å². The van der Waals surface area contributed by atoms with E-state index in [2.05, 4.69) is 12.2 Å². The lowest BCUT2D eigenvalue weighted by atomic mass is 9.86. The summed E-state index contributed by atoms with van der Waals surface area (Å²) in [6.45, 7) is 3.22. The number of rotatable bonds is 3. The Morgan fingerprint density at radius 2 is 2.35 bits per heavy atom. The first-order valence-corrected chi connectivity index (χ1v) is 6.75. The summed E-state index contributed by atoms with van der Waals surface area (Å²) in [6, 6.07) is 7.67. The number of nitrogens with one attached hydrogen (secondary N) is 1. The second-order valence-electron chi connectivity index (χ2n) is 4.86. The van der Waals surface area contributed by atoms with Crippen LogP contribution >= 0.6 is 11.6 Å². The zero-order valence-corrected chi connectivity index (χ0v) is 11.0. The number of hydrogen-bond acceptors (Lipinski definition) is 2. The number of benzene rings is 1. The van der Waals surface area contributed by atoms with Gasteiger partial charge in [-0.25, -0.2) is 0 Å². The summed E-state index contributed by atoms with van der Waals surface area (Å²) in [7, 11) is 0. The number of aliphatic hydroxyl groups is 1. The topological polar surface area (TPSA) is 32.3 Å². The number of hydrogen-bond donors (Lipinski definition) is 2. The lowest BCUT2D eigenvalue weighted by molar-refractivity contribution is 0.0979. The Labute approximate surface area is 108 Å². The van der Waals surface area contributed by atoms with Crippen molar-refractivity contribution in [3.05, 3.63) is 34.9 Å². The second-order valence-corrected chi connectivity index (χ2v) is 5.30. The molecule has 1 heterocycles. The first-order chi connectivity index (χ1) is 8.20. The summed E-state index contributed by atoms with van der Waals surface area (Å²) >= 11 is 5.95. The Kier molecular flexibility index (Phi) is 4.43. The molecule has 1 fully saturated rings. The Hall–Kier alpha value is -0.570. The van der Waals surface area contributed by atoms with Gasteiger partial charge in [0.25, 0.3) is 0 Å². The largest absolute Gasteiger partial charge is 0.387 e. The van der Waals surface area contributed by atoms with Crippen LogP contribution in [0, 0.1) is 5.92 Å². The van der Waals surface area contributed by atoms with Crippen molar-refractivity contribution in [3.8, 4) is 0 Å². The van der Waals surface area contributed by atoms with Gasteiger partial charge >= 0.3 is 0 Å². The minimum Gasteiger partial charge on any atom is -0.387 e. The van der Waals surface area contributed by atoms with Gasteiger partial charge in [-0.05, 0) is 43.0 Å². The average molecular weight is 254 g/mol. The third-order valence-corrected chi connectivity index (χ3v) is 3.93. The van der Waals surface area contributed by atoms with E-state index in [4.69, 9.17) is 11.6 Å². The van der Waals surface area contributed by atoms with Crippen LogP contribution in [0.15, 0.2) is 24.3 Å². The molecule has 1 aliphatic heterocycles. The molecule has 2 N–H and O–H groups in total. The molecule has 0 bridgehead atoms. The van der Waals surface area contributed by atoms with Crippen LogP contribution in [0.2, 0.25) is 5.02 Å². The maximum Gasteiger partial charge on any atom is 0.0943 e. The maximum atomic E-state index is 10.4. The summed E-state index contributed by atoms with van der Waals surface area (Å²) in [5, 5.41) is 14.5. The summed E-state index contributed by atoms with van der Waals surface area (Å²) < 4.78 is 0. The van der Waals surface area contributed by atoms with Gasteiger partial charge in [0.05, 0.1) is 6.10 Å². The lowest BCUT2D eigenvalue weighted by Crippen LogP contribution is -2.42. The molecule has 3 unspecified atom stereocenters. The normalized spacial score (nSPS) is 26.8. The van der Waals surface area contributed by atoms with Crippen molar-refractivity contribution in [2.45, 2.75) is 38.3 Å². The number of halogens is 1. The fourth-order valence-electron chi connectivity index (χ4n) is 2.57. The SMILES string of the molecule is CCC1CCNC(C(O)c2cccc(Cl)c2)C1. The molecule has 0 saturated carbocycles. The summed E-state index contributed by atoms with van der Waals surface area (Å²) in [5.41, 5.74) is 0.909. The van der Waals surface area contributed by atoms with Crippen LogP contribution in [0.4, 0.5) is 0 Å². The number of piperidine rings is 1. The Morgan fingerprint density at radius 1 is 1.53 bits per heavy atom. The molecule has 1 aliphatic rings. The molecule has 2 rings (SSSR count).